The molecule has 0 atom stereocenters. The molecule has 0 aliphatic rings. The Morgan fingerprint density at radius 1 is 1.08 bits per heavy atom. The van der Waals surface area contributed by atoms with E-state index in [4.69, 9.17) is 0 Å². The number of hydrogen-bond acceptors (Lipinski definition) is 0. The standard InChI is InChI=1S/C7H8.C2H7B.2H2O/c1-7-5-3-2-4-6-7;1-2-3;;/h2-6H,1H3;2-3H2,1H3;2*1H2. The third-order valence-electron chi connectivity index (χ3n) is 0.940. The molecule has 0 aliphatic heterocycles. The average Bonchev–Trinajstić information content (AvgIpc) is 1.91. The normalized spacial score (nSPS) is 6.50. The van der Waals surface area contributed by atoms with Gasteiger partial charge in [0.25, 0.3) is 0 Å². The molecular formula is C9H19BO2. The van der Waals surface area contributed by atoms with Crippen molar-refractivity contribution in [2.24, 2.45) is 0 Å². The fraction of sp³-hybridized carbons (Fsp3) is 0.333. The molecule has 12 heavy (non-hydrogen) atoms. The largest absolute Gasteiger partial charge is 0.412 e. The highest BCUT2D eigenvalue weighted by molar-refractivity contribution is 6.08. The third-order valence-corrected chi connectivity index (χ3v) is 0.940. The predicted octanol–water partition coefficient (Wildman–Crippen LogP) is 0.403. The van der Waals surface area contributed by atoms with E-state index in [2.05, 4.69) is 33.8 Å². The second-order valence-electron chi connectivity index (χ2n) is 2.36. The first-order valence-corrected chi connectivity index (χ1v) is 3.82. The van der Waals surface area contributed by atoms with Crippen molar-refractivity contribution in [3.05, 3.63) is 35.9 Å². The number of hydrogen-bond donors (Lipinski definition) is 0. The van der Waals surface area contributed by atoms with Gasteiger partial charge in [-0.2, -0.15) is 0 Å². The molecule has 1 aromatic rings. The maximum absolute atomic E-state index is 2.12. The Kier molecular flexibility index (Phi) is 18.6. The predicted molar refractivity (Wildman–Crippen MR) is 57.4 cm³/mol. The van der Waals surface area contributed by atoms with Gasteiger partial charge in [0.15, 0.2) is 0 Å². The quantitative estimate of drug-likeness (QED) is 0.506. The second kappa shape index (κ2) is 12.8. The molecule has 3 heteroatoms. The first-order chi connectivity index (χ1) is 4.81. The molecule has 0 fully saturated rings. The van der Waals surface area contributed by atoms with Crippen LogP contribution in [-0.2, 0) is 0 Å². The van der Waals surface area contributed by atoms with Crippen LogP contribution in [0.15, 0.2) is 30.3 Å². The van der Waals surface area contributed by atoms with Crippen LogP contribution in [0.2, 0.25) is 6.32 Å². The highest BCUT2D eigenvalue weighted by atomic mass is 16.0. The van der Waals surface area contributed by atoms with Crippen LogP contribution < -0.4 is 0 Å². The molecule has 1 rings (SSSR count). The van der Waals surface area contributed by atoms with Crippen molar-refractivity contribution < 1.29 is 11.0 Å². The van der Waals surface area contributed by atoms with Gasteiger partial charge in [-0.3, -0.25) is 0 Å². The summed E-state index contributed by atoms with van der Waals surface area (Å²) in [4.78, 5) is 0. The molecule has 0 bridgehead atoms. The number of rotatable bonds is 0. The van der Waals surface area contributed by atoms with E-state index >= 15 is 0 Å². The summed E-state index contributed by atoms with van der Waals surface area (Å²) in [5.41, 5.74) is 1.32. The fourth-order valence-corrected chi connectivity index (χ4v) is 0.534. The lowest BCUT2D eigenvalue weighted by atomic mass is 10.1. The zero-order chi connectivity index (χ0) is 7.82. The Bertz CT molecular complexity index is 154. The van der Waals surface area contributed by atoms with Crippen LogP contribution in [0.5, 0.6) is 0 Å². The summed E-state index contributed by atoms with van der Waals surface area (Å²) in [7, 11) is 2.12. The van der Waals surface area contributed by atoms with E-state index in [9.17, 15) is 0 Å². The summed E-state index contributed by atoms with van der Waals surface area (Å²) < 4.78 is 0. The molecule has 70 valence electrons. The van der Waals surface area contributed by atoms with Gasteiger partial charge < -0.3 is 11.0 Å². The van der Waals surface area contributed by atoms with Gasteiger partial charge in [0.05, 0.1) is 0 Å². The van der Waals surface area contributed by atoms with Crippen LogP contribution in [0.1, 0.15) is 12.5 Å². The van der Waals surface area contributed by atoms with Crippen molar-refractivity contribution in [1.29, 1.82) is 0 Å². The number of aryl methyl sites for hydroxylation is 1. The number of benzene rings is 1. The molecule has 1 aromatic carbocycles. The molecule has 0 unspecified atom stereocenters. The lowest BCUT2D eigenvalue weighted by Gasteiger charge is -1.82. The van der Waals surface area contributed by atoms with Gasteiger partial charge in [0.2, 0.25) is 0 Å². The molecule has 0 spiro atoms. The van der Waals surface area contributed by atoms with Crippen molar-refractivity contribution >= 4 is 7.85 Å². The maximum atomic E-state index is 2.12. The third kappa shape index (κ3) is 11.9. The smallest absolute Gasteiger partial charge is 0.101 e. The minimum absolute atomic E-state index is 0. The molecule has 0 amide bonds. The van der Waals surface area contributed by atoms with Gasteiger partial charge in [-0.05, 0) is 6.92 Å². The molecular weight excluding hydrogens is 151 g/mol. The Balaban J connectivity index is -0.000000146. The molecule has 4 N–H and O–H groups in total. The molecule has 0 radical (unpaired) electrons. The van der Waals surface area contributed by atoms with Crippen LogP contribution in [0.25, 0.3) is 0 Å². The fourth-order valence-electron chi connectivity index (χ4n) is 0.534. The van der Waals surface area contributed by atoms with Crippen molar-refractivity contribution in [3.8, 4) is 0 Å². The minimum atomic E-state index is 0. The summed E-state index contributed by atoms with van der Waals surface area (Å²) in [6.45, 7) is 4.21. The highest BCUT2D eigenvalue weighted by Crippen LogP contribution is 1.92. The molecule has 0 aromatic heterocycles. The molecule has 2 nitrogen and oxygen atoms in total. The molecule has 0 aliphatic carbocycles. The Labute approximate surface area is 75.6 Å². The van der Waals surface area contributed by atoms with Gasteiger partial charge in [-0.15, -0.1) is 0 Å². The Morgan fingerprint density at radius 2 is 1.42 bits per heavy atom. The van der Waals surface area contributed by atoms with E-state index in [0.717, 1.165) is 0 Å². The first-order valence-electron chi connectivity index (χ1n) is 3.82. The van der Waals surface area contributed by atoms with E-state index in [1.54, 1.807) is 0 Å². The molecule has 0 heterocycles. The van der Waals surface area contributed by atoms with Gasteiger partial charge >= 0.3 is 0 Å². The average molecular weight is 170 g/mol. The van der Waals surface area contributed by atoms with Gasteiger partial charge in [-0.1, -0.05) is 49.1 Å². The summed E-state index contributed by atoms with van der Waals surface area (Å²) in [6, 6.07) is 10.3. The SMILES string of the molecule is BCC.Cc1ccccc1.O.O. The van der Waals surface area contributed by atoms with Gasteiger partial charge in [0, 0.05) is 0 Å². The second-order valence-corrected chi connectivity index (χ2v) is 2.36. The van der Waals surface area contributed by atoms with Crippen LogP contribution >= 0.6 is 0 Å². The Hall–Kier alpha value is -0.795. The van der Waals surface area contributed by atoms with Crippen LogP contribution in [0.3, 0.4) is 0 Å². The zero-order valence-corrected chi connectivity index (χ0v) is 8.09. The van der Waals surface area contributed by atoms with Gasteiger partial charge in [-0.25, -0.2) is 0 Å². The van der Waals surface area contributed by atoms with E-state index in [1.165, 1.54) is 11.9 Å². The topological polar surface area (TPSA) is 63.0 Å². The maximum Gasteiger partial charge on any atom is 0.101 e. The van der Waals surface area contributed by atoms with Crippen molar-refractivity contribution in [2.45, 2.75) is 20.2 Å². The highest BCUT2D eigenvalue weighted by Gasteiger charge is 1.72. The van der Waals surface area contributed by atoms with Crippen molar-refractivity contribution in [2.75, 3.05) is 0 Å². The zero-order valence-electron chi connectivity index (χ0n) is 8.09. The first kappa shape index (κ1) is 17.3. The lowest BCUT2D eigenvalue weighted by molar-refractivity contribution is 0.823. The van der Waals surface area contributed by atoms with Crippen molar-refractivity contribution in [1.82, 2.24) is 0 Å². The monoisotopic (exact) mass is 170 g/mol. The summed E-state index contributed by atoms with van der Waals surface area (Å²) in [5, 5.41) is 0. The van der Waals surface area contributed by atoms with E-state index in [-0.39, 0.29) is 11.0 Å². The summed E-state index contributed by atoms with van der Waals surface area (Å²) in [5.74, 6) is 0. The molecule has 0 saturated carbocycles. The van der Waals surface area contributed by atoms with Crippen LogP contribution in [-0.4, -0.2) is 18.8 Å². The van der Waals surface area contributed by atoms with Gasteiger partial charge in [0.1, 0.15) is 7.85 Å². The van der Waals surface area contributed by atoms with Crippen molar-refractivity contribution in [3.63, 3.8) is 0 Å². The molecule has 0 saturated heterocycles. The summed E-state index contributed by atoms with van der Waals surface area (Å²) in [6.07, 6.45) is 1.25. The summed E-state index contributed by atoms with van der Waals surface area (Å²) >= 11 is 0. The van der Waals surface area contributed by atoms with E-state index < -0.39 is 0 Å². The van der Waals surface area contributed by atoms with E-state index in [0.29, 0.717) is 0 Å². The van der Waals surface area contributed by atoms with E-state index in [1.807, 2.05) is 18.2 Å². The lowest BCUT2D eigenvalue weighted by Crippen LogP contribution is -1.62. The minimum Gasteiger partial charge on any atom is -0.412 e. The van der Waals surface area contributed by atoms with Crippen LogP contribution in [0.4, 0.5) is 0 Å². The Morgan fingerprint density at radius 3 is 1.58 bits per heavy atom. The van der Waals surface area contributed by atoms with Crippen LogP contribution in [0, 0.1) is 6.92 Å².